The van der Waals surface area contributed by atoms with Crippen LogP contribution in [-0.4, -0.2) is 31.9 Å². The minimum Gasteiger partial charge on any atom is -0.507 e. The number of phenolic OH excluding ortho intramolecular Hbond substituents is 1. The maximum absolute atomic E-state index is 12.0. The molecule has 3 N–H and O–H groups in total. The summed E-state index contributed by atoms with van der Waals surface area (Å²) < 4.78 is 1.83. The summed E-state index contributed by atoms with van der Waals surface area (Å²) in [6.45, 7) is -0.294. The summed E-state index contributed by atoms with van der Waals surface area (Å²) in [5.74, 6) is -1.70. The number of aromatic hydroxyl groups is 1. The zero-order valence-electron chi connectivity index (χ0n) is 10.1. The number of carbonyl (C=O) groups excluding carboxylic acids is 1. The normalized spacial score (nSPS) is 10.2. The first kappa shape index (κ1) is 14.1. The summed E-state index contributed by atoms with van der Waals surface area (Å²) in [5, 5.41) is 24.6. The van der Waals surface area contributed by atoms with E-state index >= 15 is 0 Å². The van der Waals surface area contributed by atoms with Gasteiger partial charge in [-0.3, -0.25) is 14.3 Å². The molecule has 1 heterocycles. The maximum atomic E-state index is 12.0. The fourth-order valence-corrected chi connectivity index (χ4v) is 1.90. The Morgan fingerprint density at radius 3 is 2.85 bits per heavy atom. The van der Waals surface area contributed by atoms with Crippen molar-refractivity contribution in [1.82, 2.24) is 9.78 Å². The van der Waals surface area contributed by atoms with E-state index in [1.807, 2.05) is 0 Å². The van der Waals surface area contributed by atoms with Crippen LogP contribution in [0.25, 0.3) is 0 Å². The molecule has 8 heteroatoms. The van der Waals surface area contributed by atoms with Gasteiger partial charge in [0.15, 0.2) is 0 Å². The second-order valence-electron chi connectivity index (χ2n) is 3.94. The van der Waals surface area contributed by atoms with Gasteiger partial charge in [-0.05, 0) is 18.2 Å². The number of carboxylic acids is 1. The molecule has 0 saturated carbocycles. The van der Waals surface area contributed by atoms with Crippen molar-refractivity contribution >= 4 is 33.5 Å². The van der Waals surface area contributed by atoms with Crippen molar-refractivity contribution < 1.29 is 19.8 Å². The molecule has 0 aliphatic heterocycles. The number of carboxylic acid groups (broad SMARTS) is 1. The summed E-state index contributed by atoms with van der Waals surface area (Å²) in [6.07, 6.45) is 2.72. The van der Waals surface area contributed by atoms with Crippen LogP contribution in [0, 0.1) is 0 Å². The van der Waals surface area contributed by atoms with Crippen LogP contribution < -0.4 is 5.32 Å². The summed E-state index contributed by atoms with van der Waals surface area (Å²) in [5.41, 5.74) is 0.445. The zero-order valence-corrected chi connectivity index (χ0v) is 11.7. The van der Waals surface area contributed by atoms with Crippen molar-refractivity contribution in [1.29, 1.82) is 0 Å². The lowest BCUT2D eigenvalue weighted by Gasteiger charge is -2.05. The number of anilines is 1. The first-order valence-electron chi connectivity index (χ1n) is 5.50. The van der Waals surface area contributed by atoms with Crippen LogP contribution in [-0.2, 0) is 11.3 Å². The van der Waals surface area contributed by atoms with Gasteiger partial charge in [-0.15, -0.1) is 0 Å². The molecule has 104 valence electrons. The molecule has 0 aliphatic carbocycles. The van der Waals surface area contributed by atoms with E-state index in [1.54, 1.807) is 6.07 Å². The average molecular weight is 340 g/mol. The smallest absolute Gasteiger partial charge is 0.325 e. The minimum atomic E-state index is -1.03. The predicted octanol–water partition coefficient (Wildman–Crippen LogP) is 1.69. The highest BCUT2D eigenvalue weighted by Crippen LogP contribution is 2.22. The Morgan fingerprint density at radius 1 is 1.40 bits per heavy atom. The topological polar surface area (TPSA) is 104 Å². The highest BCUT2D eigenvalue weighted by molar-refractivity contribution is 9.10. The lowest BCUT2D eigenvalue weighted by molar-refractivity contribution is -0.137. The number of nitrogens with zero attached hydrogens (tertiary/aromatic N) is 2. The number of halogens is 1. The predicted molar refractivity (Wildman–Crippen MR) is 73.6 cm³/mol. The van der Waals surface area contributed by atoms with Gasteiger partial charge in [0.25, 0.3) is 5.91 Å². The SMILES string of the molecule is O=C(O)Cn1cc(NC(=O)c2cc(Br)ccc2O)cn1. The monoisotopic (exact) mass is 339 g/mol. The van der Waals surface area contributed by atoms with Crippen LogP contribution in [0.5, 0.6) is 5.75 Å². The Labute approximate surface area is 122 Å². The van der Waals surface area contributed by atoms with E-state index in [-0.39, 0.29) is 17.9 Å². The highest BCUT2D eigenvalue weighted by atomic mass is 79.9. The molecule has 1 aromatic heterocycles. The van der Waals surface area contributed by atoms with E-state index < -0.39 is 11.9 Å². The molecule has 0 spiro atoms. The highest BCUT2D eigenvalue weighted by Gasteiger charge is 2.13. The van der Waals surface area contributed by atoms with Gasteiger partial charge in [0.05, 0.1) is 17.4 Å². The lowest BCUT2D eigenvalue weighted by atomic mass is 10.2. The second-order valence-corrected chi connectivity index (χ2v) is 4.85. The Hall–Kier alpha value is -2.35. The molecule has 0 aliphatic rings. The first-order chi connectivity index (χ1) is 9.45. The average Bonchev–Trinajstić information content (AvgIpc) is 2.78. The van der Waals surface area contributed by atoms with Crippen molar-refractivity contribution in [3.63, 3.8) is 0 Å². The third-order valence-electron chi connectivity index (χ3n) is 2.39. The Kier molecular flexibility index (Phi) is 4.04. The van der Waals surface area contributed by atoms with E-state index in [0.717, 1.165) is 0 Å². The van der Waals surface area contributed by atoms with E-state index in [0.29, 0.717) is 10.2 Å². The molecular weight excluding hydrogens is 330 g/mol. The van der Waals surface area contributed by atoms with Crippen molar-refractivity contribution in [2.24, 2.45) is 0 Å². The number of hydrogen-bond donors (Lipinski definition) is 3. The van der Waals surface area contributed by atoms with Gasteiger partial charge < -0.3 is 15.5 Å². The number of amides is 1. The summed E-state index contributed by atoms with van der Waals surface area (Å²) >= 11 is 3.21. The largest absolute Gasteiger partial charge is 0.507 e. The maximum Gasteiger partial charge on any atom is 0.325 e. The molecule has 0 atom stereocenters. The summed E-state index contributed by atoms with van der Waals surface area (Å²) in [7, 11) is 0. The third-order valence-corrected chi connectivity index (χ3v) is 2.88. The molecule has 0 radical (unpaired) electrons. The quantitative estimate of drug-likeness (QED) is 0.786. The Bertz CT molecular complexity index is 668. The van der Waals surface area contributed by atoms with Crippen LogP contribution in [0.15, 0.2) is 35.1 Å². The van der Waals surface area contributed by atoms with Crippen molar-refractivity contribution in [2.75, 3.05) is 5.32 Å². The molecule has 0 bridgehead atoms. The molecule has 2 aromatic rings. The number of aromatic nitrogens is 2. The standard InChI is InChI=1S/C12H10BrN3O4/c13-7-1-2-10(17)9(3-7)12(20)15-8-4-14-16(5-8)6-11(18)19/h1-5,17H,6H2,(H,15,20)(H,18,19). The van der Waals surface area contributed by atoms with Crippen LogP contribution in [0.4, 0.5) is 5.69 Å². The number of phenols is 1. The summed E-state index contributed by atoms with van der Waals surface area (Å²) in [4.78, 5) is 22.5. The van der Waals surface area contributed by atoms with Gasteiger partial charge in [0.2, 0.25) is 0 Å². The van der Waals surface area contributed by atoms with E-state index in [2.05, 4.69) is 26.3 Å². The number of rotatable bonds is 4. The fourth-order valence-electron chi connectivity index (χ4n) is 1.54. The third kappa shape index (κ3) is 3.35. The van der Waals surface area contributed by atoms with Gasteiger partial charge >= 0.3 is 5.97 Å². The number of benzene rings is 1. The molecule has 0 saturated heterocycles. The Balaban J connectivity index is 2.13. The van der Waals surface area contributed by atoms with Gasteiger partial charge in [0, 0.05) is 10.7 Å². The van der Waals surface area contributed by atoms with E-state index in [9.17, 15) is 14.7 Å². The van der Waals surface area contributed by atoms with Crippen LogP contribution in [0.3, 0.4) is 0 Å². The fraction of sp³-hybridized carbons (Fsp3) is 0.0833. The Morgan fingerprint density at radius 2 is 2.15 bits per heavy atom. The first-order valence-corrected chi connectivity index (χ1v) is 6.29. The van der Waals surface area contributed by atoms with Crippen LogP contribution >= 0.6 is 15.9 Å². The van der Waals surface area contributed by atoms with Crippen LogP contribution in [0.2, 0.25) is 0 Å². The number of nitrogens with one attached hydrogen (secondary N) is 1. The van der Waals surface area contributed by atoms with Crippen molar-refractivity contribution in [3.8, 4) is 5.75 Å². The molecule has 2 rings (SSSR count). The van der Waals surface area contributed by atoms with E-state index in [1.165, 1.54) is 29.2 Å². The molecule has 1 amide bonds. The second kappa shape index (κ2) is 5.74. The van der Waals surface area contributed by atoms with Crippen LogP contribution in [0.1, 0.15) is 10.4 Å². The molecule has 0 unspecified atom stereocenters. The minimum absolute atomic E-state index is 0.102. The molecule has 7 nitrogen and oxygen atoms in total. The molecule has 1 aromatic carbocycles. The molecule has 20 heavy (non-hydrogen) atoms. The lowest BCUT2D eigenvalue weighted by Crippen LogP contribution is -2.12. The number of carbonyl (C=O) groups is 2. The van der Waals surface area contributed by atoms with Gasteiger partial charge in [-0.2, -0.15) is 5.10 Å². The van der Waals surface area contributed by atoms with E-state index in [4.69, 9.17) is 5.11 Å². The van der Waals surface area contributed by atoms with Gasteiger partial charge in [-0.25, -0.2) is 0 Å². The number of aliphatic carboxylic acids is 1. The van der Waals surface area contributed by atoms with Crippen molar-refractivity contribution in [2.45, 2.75) is 6.54 Å². The zero-order chi connectivity index (χ0) is 14.7. The molecular formula is C12H10BrN3O4. The van der Waals surface area contributed by atoms with Crippen molar-refractivity contribution in [3.05, 3.63) is 40.6 Å². The summed E-state index contributed by atoms with van der Waals surface area (Å²) in [6, 6.07) is 4.48. The van der Waals surface area contributed by atoms with Gasteiger partial charge in [-0.1, -0.05) is 15.9 Å². The molecule has 0 fully saturated rings. The van der Waals surface area contributed by atoms with Gasteiger partial charge in [0.1, 0.15) is 12.3 Å². The number of hydrogen-bond acceptors (Lipinski definition) is 4.